The summed E-state index contributed by atoms with van der Waals surface area (Å²) in [4.78, 5) is -0.205. The van der Waals surface area contributed by atoms with Crippen LogP contribution in [0.1, 0.15) is 26.3 Å². The number of fused-ring (bicyclic) bond motifs is 1. The van der Waals surface area contributed by atoms with Gasteiger partial charge in [0, 0.05) is 17.6 Å². The Hall–Kier alpha value is -1.10. The predicted octanol–water partition coefficient (Wildman–Crippen LogP) is 2.32. The van der Waals surface area contributed by atoms with Crippen LogP contribution < -0.4 is 5.32 Å². The van der Waals surface area contributed by atoms with Gasteiger partial charge in [-0.3, -0.25) is 0 Å². The first-order valence-electron chi connectivity index (χ1n) is 5.58. The minimum absolute atomic E-state index is 0.0912. The van der Waals surface area contributed by atoms with Crippen molar-refractivity contribution >= 4 is 15.5 Å². The van der Waals surface area contributed by atoms with E-state index in [1.165, 1.54) is 19.1 Å². The van der Waals surface area contributed by atoms with Gasteiger partial charge in [-0.15, -0.1) is 0 Å². The molecular formula is C12H16FNO2S. The predicted molar refractivity (Wildman–Crippen MR) is 65.6 cm³/mol. The maximum atomic E-state index is 13.9. The Balaban J connectivity index is 2.63. The first kappa shape index (κ1) is 12.4. The quantitative estimate of drug-likeness (QED) is 0.884. The molecule has 2 rings (SSSR count). The fraction of sp³-hybridized carbons (Fsp3) is 0.500. The van der Waals surface area contributed by atoms with Crippen LogP contribution in [-0.4, -0.2) is 20.7 Å². The molecule has 17 heavy (non-hydrogen) atoms. The number of anilines is 1. The van der Waals surface area contributed by atoms with E-state index in [1.54, 1.807) is 0 Å². The Morgan fingerprint density at radius 2 is 2.06 bits per heavy atom. The molecule has 1 N–H and O–H groups in total. The van der Waals surface area contributed by atoms with Crippen LogP contribution in [0.25, 0.3) is 0 Å². The maximum absolute atomic E-state index is 13.9. The van der Waals surface area contributed by atoms with Crippen LogP contribution in [0.4, 0.5) is 10.1 Å². The molecule has 0 saturated carbocycles. The SMILES string of the molecule is CCS(=O)(=O)c1cc2c(cc1F)C(C)(C)CN2. The summed E-state index contributed by atoms with van der Waals surface area (Å²) < 4.78 is 37.3. The number of hydrogen-bond acceptors (Lipinski definition) is 3. The third-order valence-corrected chi connectivity index (χ3v) is 4.98. The monoisotopic (exact) mass is 257 g/mol. The van der Waals surface area contributed by atoms with E-state index >= 15 is 0 Å². The molecule has 0 aliphatic carbocycles. The zero-order valence-corrected chi connectivity index (χ0v) is 11.0. The summed E-state index contributed by atoms with van der Waals surface area (Å²) >= 11 is 0. The van der Waals surface area contributed by atoms with Gasteiger partial charge in [0.1, 0.15) is 10.7 Å². The van der Waals surface area contributed by atoms with Crippen LogP contribution in [-0.2, 0) is 15.3 Å². The Labute approximate surface area is 101 Å². The summed E-state index contributed by atoms with van der Waals surface area (Å²) in [6, 6.07) is 2.76. The molecule has 1 aliphatic heterocycles. The zero-order valence-electron chi connectivity index (χ0n) is 10.2. The minimum Gasteiger partial charge on any atom is -0.384 e. The third kappa shape index (κ3) is 1.92. The van der Waals surface area contributed by atoms with Crippen LogP contribution in [0.3, 0.4) is 0 Å². The van der Waals surface area contributed by atoms with Crippen molar-refractivity contribution in [3.63, 3.8) is 0 Å². The summed E-state index contributed by atoms with van der Waals surface area (Å²) in [6.45, 7) is 6.20. The van der Waals surface area contributed by atoms with E-state index in [0.29, 0.717) is 6.54 Å². The van der Waals surface area contributed by atoms with E-state index in [0.717, 1.165) is 11.3 Å². The van der Waals surface area contributed by atoms with Crippen molar-refractivity contribution in [3.8, 4) is 0 Å². The lowest BCUT2D eigenvalue weighted by Crippen LogP contribution is -2.19. The van der Waals surface area contributed by atoms with Crippen molar-refractivity contribution in [3.05, 3.63) is 23.5 Å². The molecule has 1 aromatic rings. The molecule has 0 saturated heterocycles. The highest BCUT2D eigenvalue weighted by Crippen LogP contribution is 2.38. The summed E-state index contributed by atoms with van der Waals surface area (Å²) in [7, 11) is -3.50. The lowest BCUT2D eigenvalue weighted by atomic mass is 9.87. The molecular weight excluding hydrogens is 241 g/mol. The Bertz CT molecular complexity index is 564. The van der Waals surface area contributed by atoms with Crippen LogP contribution in [0.5, 0.6) is 0 Å². The van der Waals surface area contributed by atoms with Gasteiger partial charge in [0.05, 0.1) is 5.75 Å². The second-order valence-electron chi connectivity index (χ2n) is 4.97. The van der Waals surface area contributed by atoms with Crippen LogP contribution in [0.15, 0.2) is 17.0 Å². The van der Waals surface area contributed by atoms with Gasteiger partial charge in [-0.05, 0) is 17.7 Å². The molecule has 5 heteroatoms. The van der Waals surface area contributed by atoms with E-state index in [4.69, 9.17) is 0 Å². The molecule has 1 aromatic carbocycles. The molecule has 0 atom stereocenters. The third-order valence-electron chi connectivity index (χ3n) is 3.24. The van der Waals surface area contributed by atoms with Gasteiger partial charge >= 0.3 is 0 Å². The maximum Gasteiger partial charge on any atom is 0.181 e. The average Bonchev–Trinajstić information content (AvgIpc) is 2.54. The molecule has 0 amide bonds. The van der Waals surface area contributed by atoms with Crippen molar-refractivity contribution in [1.29, 1.82) is 0 Å². The number of sulfone groups is 1. The zero-order chi connectivity index (χ0) is 12.8. The molecule has 3 nitrogen and oxygen atoms in total. The first-order chi connectivity index (χ1) is 7.78. The topological polar surface area (TPSA) is 46.2 Å². The van der Waals surface area contributed by atoms with Gasteiger partial charge in [0.15, 0.2) is 9.84 Å². The van der Waals surface area contributed by atoms with Crippen molar-refractivity contribution in [2.24, 2.45) is 0 Å². The smallest absolute Gasteiger partial charge is 0.181 e. The van der Waals surface area contributed by atoms with Crippen LogP contribution in [0, 0.1) is 5.82 Å². The van der Waals surface area contributed by atoms with E-state index in [-0.39, 0.29) is 16.1 Å². The van der Waals surface area contributed by atoms with E-state index in [2.05, 4.69) is 5.32 Å². The number of rotatable bonds is 2. The molecule has 0 radical (unpaired) electrons. The lowest BCUT2D eigenvalue weighted by molar-refractivity contribution is 0.553. The molecule has 94 valence electrons. The van der Waals surface area contributed by atoms with Gasteiger partial charge in [-0.1, -0.05) is 20.8 Å². The van der Waals surface area contributed by atoms with Crippen molar-refractivity contribution in [1.82, 2.24) is 0 Å². The van der Waals surface area contributed by atoms with Gasteiger partial charge < -0.3 is 5.32 Å². The normalized spacial score (nSPS) is 17.6. The number of hydrogen-bond donors (Lipinski definition) is 1. The van der Waals surface area contributed by atoms with Crippen molar-refractivity contribution < 1.29 is 12.8 Å². The van der Waals surface area contributed by atoms with Crippen molar-refractivity contribution in [2.45, 2.75) is 31.1 Å². The Morgan fingerprint density at radius 1 is 1.41 bits per heavy atom. The van der Waals surface area contributed by atoms with Gasteiger partial charge in [0.25, 0.3) is 0 Å². The highest BCUT2D eigenvalue weighted by Gasteiger charge is 2.32. The highest BCUT2D eigenvalue weighted by atomic mass is 32.2. The molecule has 0 bridgehead atoms. The lowest BCUT2D eigenvalue weighted by Gasteiger charge is -2.17. The molecule has 0 fully saturated rings. The molecule has 0 aromatic heterocycles. The van der Waals surface area contributed by atoms with E-state index in [1.807, 2.05) is 13.8 Å². The van der Waals surface area contributed by atoms with Crippen molar-refractivity contribution in [2.75, 3.05) is 17.6 Å². The molecule has 0 spiro atoms. The fourth-order valence-electron chi connectivity index (χ4n) is 2.06. The van der Waals surface area contributed by atoms with Crippen LogP contribution in [0.2, 0.25) is 0 Å². The number of nitrogens with one attached hydrogen (secondary N) is 1. The van der Waals surface area contributed by atoms with E-state index in [9.17, 15) is 12.8 Å². The fourth-order valence-corrected chi connectivity index (χ4v) is 3.03. The molecule has 0 unspecified atom stereocenters. The summed E-state index contributed by atoms with van der Waals surface area (Å²) in [6.07, 6.45) is 0. The van der Waals surface area contributed by atoms with Gasteiger partial charge in [-0.25, -0.2) is 12.8 Å². The summed E-state index contributed by atoms with van der Waals surface area (Å²) in [5.74, 6) is -0.742. The number of halogens is 1. The second kappa shape index (κ2) is 3.70. The largest absolute Gasteiger partial charge is 0.384 e. The minimum atomic E-state index is -3.50. The average molecular weight is 257 g/mol. The van der Waals surface area contributed by atoms with Gasteiger partial charge in [-0.2, -0.15) is 0 Å². The molecule has 1 aliphatic rings. The second-order valence-corrected chi connectivity index (χ2v) is 7.22. The summed E-state index contributed by atoms with van der Waals surface area (Å²) in [5, 5.41) is 3.12. The highest BCUT2D eigenvalue weighted by molar-refractivity contribution is 7.91. The molecule has 1 heterocycles. The summed E-state index contributed by atoms with van der Waals surface area (Å²) in [5.41, 5.74) is 1.40. The standard InChI is InChI=1S/C12H16FNO2S/c1-4-17(15,16)11-6-10-8(5-9(11)13)12(2,3)7-14-10/h5-6,14H,4,7H2,1-3H3. The Kier molecular flexibility index (Phi) is 2.69. The Morgan fingerprint density at radius 3 is 2.65 bits per heavy atom. The van der Waals surface area contributed by atoms with E-state index < -0.39 is 15.7 Å². The van der Waals surface area contributed by atoms with Gasteiger partial charge in [0.2, 0.25) is 0 Å². The number of benzene rings is 1. The van der Waals surface area contributed by atoms with Crippen LogP contribution >= 0.6 is 0 Å². The first-order valence-corrected chi connectivity index (χ1v) is 7.24.